The minimum Gasteiger partial charge on any atom is -0.263 e. The third kappa shape index (κ3) is 13.6. The number of thiol groups is 1. The quantitative estimate of drug-likeness (QED) is 0.584. The standard InChI is InChI=1S/CH4OS.Pt/c1-3-2;/h3H,1H3;. The van der Waals surface area contributed by atoms with Crippen molar-refractivity contribution >= 4 is 11.7 Å². The minimum atomic E-state index is 0. The third-order valence-corrected chi connectivity index (χ3v) is 0. The van der Waals surface area contributed by atoms with Crippen LogP contribution < -0.4 is 0 Å². The Labute approximate surface area is 43.5 Å². The molecule has 4 heavy (non-hydrogen) atoms. The fourth-order valence-corrected chi connectivity index (χ4v) is 0. The van der Waals surface area contributed by atoms with E-state index in [1.165, 1.54) is 0 Å². The molecule has 0 heterocycles. The van der Waals surface area contributed by atoms with Gasteiger partial charge < -0.3 is 0 Å². The van der Waals surface area contributed by atoms with Gasteiger partial charge in [0.25, 0.3) is 0 Å². The molecule has 0 unspecified atom stereocenters. The van der Waals surface area contributed by atoms with Gasteiger partial charge in [-0.05, 0) is 0 Å². The molecule has 0 atom stereocenters. The molecular weight excluding hydrogens is 255 g/mol. The SMILES string of the molecule is C[SH]=O.[Pt]. The topological polar surface area (TPSA) is 17.1 Å². The van der Waals surface area contributed by atoms with E-state index in [4.69, 9.17) is 4.21 Å². The van der Waals surface area contributed by atoms with Crippen LogP contribution in [0, 0.1) is 0 Å². The molecule has 0 rings (SSSR count). The van der Waals surface area contributed by atoms with Gasteiger partial charge in [-0.15, -0.1) is 0 Å². The van der Waals surface area contributed by atoms with Gasteiger partial charge in [0.1, 0.15) is 0 Å². The Hall–Kier alpha value is 0.838. The van der Waals surface area contributed by atoms with Gasteiger partial charge in [0.05, 0.1) is 0 Å². The Balaban J connectivity index is 0. The van der Waals surface area contributed by atoms with Crippen molar-refractivity contribution in [3.05, 3.63) is 0 Å². The van der Waals surface area contributed by atoms with Gasteiger partial charge in [-0.25, -0.2) is 0 Å². The molecular formula is CH4OPtS. The van der Waals surface area contributed by atoms with Crippen molar-refractivity contribution in [3.8, 4) is 0 Å². The first kappa shape index (κ1) is 8.85. The summed E-state index contributed by atoms with van der Waals surface area (Å²) in [5.74, 6) is 0. The monoisotopic (exact) mass is 259 g/mol. The second kappa shape index (κ2) is 9.15. The molecule has 0 saturated heterocycles. The molecule has 0 radical (unpaired) electrons. The Morgan fingerprint density at radius 2 is 1.75 bits per heavy atom. The number of hydrogen-bond donors (Lipinski definition) is 1. The summed E-state index contributed by atoms with van der Waals surface area (Å²) < 4.78 is 8.90. The predicted octanol–water partition coefficient (Wildman–Crippen LogP) is -0.441. The first-order valence-corrected chi connectivity index (χ1v) is 1.89. The summed E-state index contributed by atoms with van der Waals surface area (Å²) in [7, 11) is 0. The molecule has 0 aromatic heterocycles. The largest absolute Gasteiger partial charge is 0.263 e. The first-order chi connectivity index (χ1) is 1.41. The second-order valence-corrected chi connectivity index (χ2v) is 0.548. The second-order valence-electron chi connectivity index (χ2n) is 0.183. The fourth-order valence-electron chi connectivity index (χ4n) is 0. The normalized spacial score (nSPS) is 4.25. The van der Waals surface area contributed by atoms with Crippen LogP contribution in [0.1, 0.15) is 0 Å². The molecule has 1 nitrogen and oxygen atoms in total. The average Bonchev–Trinajstić information content (AvgIpc) is 0.918. The Morgan fingerprint density at radius 3 is 1.75 bits per heavy atom. The van der Waals surface area contributed by atoms with Crippen LogP contribution in [-0.4, -0.2) is 10.5 Å². The van der Waals surface area contributed by atoms with E-state index in [-0.39, 0.29) is 32.7 Å². The summed E-state index contributed by atoms with van der Waals surface area (Å²) in [4.78, 5) is 0. The van der Waals surface area contributed by atoms with Gasteiger partial charge in [0, 0.05) is 39.0 Å². The van der Waals surface area contributed by atoms with Crippen LogP contribution in [0.5, 0.6) is 0 Å². The minimum absolute atomic E-state index is 0. The van der Waals surface area contributed by atoms with Gasteiger partial charge in [-0.2, -0.15) is 0 Å². The fraction of sp³-hybridized carbons (Fsp3) is 1.00. The summed E-state index contributed by atoms with van der Waals surface area (Å²) in [6, 6.07) is 0. The molecule has 0 fully saturated rings. The molecule has 3 heteroatoms. The van der Waals surface area contributed by atoms with Crippen molar-refractivity contribution < 1.29 is 25.3 Å². The maximum absolute atomic E-state index is 8.90. The molecule has 0 N–H and O–H groups in total. The Kier molecular flexibility index (Phi) is 20.2. The average molecular weight is 259 g/mol. The summed E-state index contributed by atoms with van der Waals surface area (Å²) in [6.45, 7) is 0. The molecule has 0 saturated carbocycles. The number of rotatable bonds is 0. The van der Waals surface area contributed by atoms with Gasteiger partial charge in [-0.1, -0.05) is 0 Å². The van der Waals surface area contributed by atoms with E-state index in [2.05, 4.69) is 0 Å². The first-order valence-electron chi connectivity index (χ1n) is 0.630. The third-order valence-electron chi connectivity index (χ3n) is 0. The maximum atomic E-state index is 8.90. The van der Waals surface area contributed by atoms with Crippen molar-refractivity contribution in [2.24, 2.45) is 0 Å². The summed E-state index contributed by atoms with van der Waals surface area (Å²) in [6.07, 6.45) is 1.54. The van der Waals surface area contributed by atoms with Crippen LogP contribution in [-0.2, 0) is 32.7 Å². The van der Waals surface area contributed by atoms with Gasteiger partial charge in [0.2, 0.25) is 0 Å². The summed E-state index contributed by atoms with van der Waals surface area (Å²) in [5.41, 5.74) is 0. The van der Waals surface area contributed by atoms with Crippen LogP contribution >= 0.6 is 0 Å². The number of hydrogen-bond acceptors (Lipinski definition) is 1. The smallest absolute Gasteiger partial charge is 0.00907 e. The Bertz CT molecular complexity index is 15.5. The van der Waals surface area contributed by atoms with Crippen LogP contribution in [0.3, 0.4) is 0 Å². The van der Waals surface area contributed by atoms with Crippen molar-refractivity contribution in [1.29, 1.82) is 0 Å². The van der Waals surface area contributed by atoms with Gasteiger partial charge >= 0.3 is 0 Å². The van der Waals surface area contributed by atoms with E-state index >= 15 is 0 Å². The molecule has 0 spiro atoms. The van der Waals surface area contributed by atoms with Gasteiger partial charge in [0.15, 0.2) is 0 Å². The molecule has 0 aromatic rings. The van der Waals surface area contributed by atoms with Crippen molar-refractivity contribution in [1.82, 2.24) is 0 Å². The van der Waals surface area contributed by atoms with E-state index in [0.717, 1.165) is 0 Å². The van der Waals surface area contributed by atoms with Crippen molar-refractivity contribution in [3.63, 3.8) is 0 Å². The molecule has 0 aromatic carbocycles. The predicted molar refractivity (Wildman–Crippen MR) is 15.5 cm³/mol. The van der Waals surface area contributed by atoms with Gasteiger partial charge in [-0.3, -0.25) is 4.21 Å². The van der Waals surface area contributed by atoms with Crippen LogP contribution in [0.15, 0.2) is 0 Å². The zero-order valence-electron chi connectivity index (χ0n) is 2.17. The molecule has 30 valence electrons. The molecule has 0 aliphatic rings. The van der Waals surface area contributed by atoms with Crippen molar-refractivity contribution in [2.45, 2.75) is 0 Å². The maximum Gasteiger partial charge on any atom is 0.00907 e. The van der Waals surface area contributed by atoms with Crippen molar-refractivity contribution in [2.75, 3.05) is 6.26 Å². The van der Waals surface area contributed by atoms with Crippen LogP contribution in [0.25, 0.3) is 0 Å². The van der Waals surface area contributed by atoms with Crippen LogP contribution in [0.4, 0.5) is 0 Å². The van der Waals surface area contributed by atoms with E-state index in [9.17, 15) is 0 Å². The molecule has 0 bridgehead atoms. The molecule has 0 aliphatic heterocycles. The van der Waals surface area contributed by atoms with Crippen LogP contribution in [0.2, 0.25) is 0 Å². The summed E-state index contributed by atoms with van der Waals surface area (Å²) >= 11 is 0.167. The summed E-state index contributed by atoms with van der Waals surface area (Å²) in [5, 5.41) is 0. The van der Waals surface area contributed by atoms with E-state index in [1.54, 1.807) is 6.26 Å². The van der Waals surface area contributed by atoms with E-state index in [1.807, 2.05) is 0 Å². The molecule has 0 aliphatic carbocycles. The van der Waals surface area contributed by atoms with E-state index < -0.39 is 0 Å². The Morgan fingerprint density at radius 1 is 1.75 bits per heavy atom. The zero-order valence-corrected chi connectivity index (χ0v) is 5.34. The zero-order chi connectivity index (χ0) is 2.71. The van der Waals surface area contributed by atoms with E-state index in [0.29, 0.717) is 0 Å². The molecule has 0 amide bonds.